The maximum absolute atomic E-state index is 13.0. The summed E-state index contributed by atoms with van der Waals surface area (Å²) in [6.07, 6.45) is 2.69. The average Bonchev–Trinajstić information content (AvgIpc) is 2.66. The van der Waals surface area contributed by atoms with Crippen molar-refractivity contribution >= 4 is 5.91 Å². The molecule has 3 rings (SSSR count). The smallest absolute Gasteiger partial charge is 0.230 e. The summed E-state index contributed by atoms with van der Waals surface area (Å²) in [5.74, 6) is 0.307. The first-order valence-corrected chi connectivity index (χ1v) is 9.53. The molecule has 0 spiro atoms. The number of hydrogen-bond acceptors (Lipinski definition) is 4. The summed E-state index contributed by atoms with van der Waals surface area (Å²) >= 11 is 0. The minimum absolute atomic E-state index is 0.0278. The van der Waals surface area contributed by atoms with Gasteiger partial charge in [0.25, 0.3) is 0 Å². The Morgan fingerprint density at radius 2 is 2.04 bits per heavy atom. The molecule has 1 heterocycles. The fourth-order valence-electron chi connectivity index (χ4n) is 3.99. The Hall–Kier alpha value is -1.43. The monoisotopic (exact) mass is 346 g/mol. The second-order valence-electron chi connectivity index (χ2n) is 7.08. The van der Waals surface area contributed by atoms with Gasteiger partial charge in [-0.15, -0.1) is 0 Å². The molecule has 0 radical (unpaired) electrons. The van der Waals surface area contributed by atoms with E-state index in [9.17, 15) is 9.90 Å². The fourth-order valence-corrected chi connectivity index (χ4v) is 3.99. The first-order valence-electron chi connectivity index (χ1n) is 9.53. The van der Waals surface area contributed by atoms with E-state index in [0.29, 0.717) is 19.8 Å². The third-order valence-corrected chi connectivity index (χ3v) is 5.33. The van der Waals surface area contributed by atoms with Crippen molar-refractivity contribution in [1.82, 2.24) is 9.80 Å². The number of carbonyl (C=O) groups is 1. The summed E-state index contributed by atoms with van der Waals surface area (Å²) in [4.78, 5) is 17.3. The summed E-state index contributed by atoms with van der Waals surface area (Å²) < 4.78 is 5.27. The van der Waals surface area contributed by atoms with Crippen LogP contribution < -0.4 is 0 Å². The quantitative estimate of drug-likeness (QED) is 0.851. The molecule has 1 N–H and O–H groups in total. The number of ether oxygens (including phenoxy) is 1. The number of amides is 1. The minimum Gasteiger partial charge on any atom is -0.389 e. The van der Waals surface area contributed by atoms with Crippen molar-refractivity contribution in [3.63, 3.8) is 0 Å². The number of nitrogens with zero attached hydrogens (tertiary/aromatic N) is 2. The zero-order chi connectivity index (χ0) is 17.6. The number of aryl methyl sites for hydroxylation is 1. The van der Waals surface area contributed by atoms with Crippen LogP contribution in [0.3, 0.4) is 0 Å². The number of benzene rings is 1. The molecule has 0 unspecified atom stereocenters. The Balaban J connectivity index is 1.52. The molecule has 1 aromatic rings. The van der Waals surface area contributed by atoms with Crippen LogP contribution in [-0.2, 0) is 16.0 Å². The van der Waals surface area contributed by atoms with E-state index in [1.165, 1.54) is 11.1 Å². The highest BCUT2D eigenvalue weighted by molar-refractivity contribution is 5.84. The van der Waals surface area contributed by atoms with Gasteiger partial charge in [0.05, 0.1) is 18.6 Å². The molecule has 1 aromatic carbocycles. The number of aliphatic hydroxyl groups is 1. The van der Waals surface area contributed by atoms with Crippen LogP contribution in [0.5, 0.6) is 0 Å². The van der Waals surface area contributed by atoms with E-state index in [4.69, 9.17) is 4.74 Å². The predicted molar refractivity (Wildman–Crippen MR) is 97.6 cm³/mol. The van der Waals surface area contributed by atoms with Crippen molar-refractivity contribution in [2.45, 2.75) is 38.2 Å². The van der Waals surface area contributed by atoms with E-state index in [1.807, 2.05) is 17.9 Å². The van der Waals surface area contributed by atoms with Crippen molar-refractivity contribution in [1.29, 1.82) is 0 Å². The van der Waals surface area contributed by atoms with Crippen LogP contribution in [0.1, 0.15) is 36.8 Å². The number of rotatable bonds is 6. The van der Waals surface area contributed by atoms with Gasteiger partial charge in [0.2, 0.25) is 5.91 Å². The van der Waals surface area contributed by atoms with Crippen LogP contribution in [0.15, 0.2) is 24.3 Å². The topological polar surface area (TPSA) is 53.0 Å². The van der Waals surface area contributed by atoms with Crippen LogP contribution >= 0.6 is 0 Å². The summed E-state index contributed by atoms with van der Waals surface area (Å²) in [7, 11) is 0. The lowest BCUT2D eigenvalue weighted by Crippen LogP contribution is -2.52. The van der Waals surface area contributed by atoms with Gasteiger partial charge in [-0.2, -0.15) is 0 Å². The maximum Gasteiger partial charge on any atom is 0.230 e. The van der Waals surface area contributed by atoms with E-state index in [-0.39, 0.29) is 11.8 Å². The lowest BCUT2D eigenvalue weighted by atomic mass is 9.82. The van der Waals surface area contributed by atoms with Gasteiger partial charge in [0.1, 0.15) is 0 Å². The molecule has 0 bridgehead atoms. The summed E-state index contributed by atoms with van der Waals surface area (Å²) in [6.45, 7) is 6.70. The minimum atomic E-state index is -0.451. The van der Waals surface area contributed by atoms with Crippen molar-refractivity contribution in [3.05, 3.63) is 35.4 Å². The molecule has 1 aliphatic carbocycles. The molecule has 0 saturated carbocycles. The third kappa shape index (κ3) is 4.60. The Morgan fingerprint density at radius 1 is 1.28 bits per heavy atom. The predicted octanol–water partition coefficient (Wildman–Crippen LogP) is 1.65. The summed E-state index contributed by atoms with van der Waals surface area (Å²) in [6, 6.07) is 8.39. The highest BCUT2D eigenvalue weighted by Gasteiger charge is 2.31. The van der Waals surface area contributed by atoms with E-state index >= 15 is 0 Å². The van der Waals surface area contributed by atoms with Gasteiger partial charge in [-0.25, -0.2) is 0 Å². The van der Waals surface area contributed by atoms with E-state index in [0.717, 1.165) is 45.4 Å². The van der Waals surface area contributed by atoms with Gasteiger partial charge < -0.3 is 14.7 Å². The number of aliphatic hydroxyl groups excluding tert-OH is 1. The summed E-state index contributed by atoms with van der Waals surface area (Å²) in [5.41, 5.74) is 2.57. The molecule has 5 nitrogen and oxygen atoms in total. The fraction of sp³-hybridized carbons (Fsp3) is 0.650. The highest BCUT2D eigenvalue weighted by Crippen LogP contribution is 2.33. The Morgan fingerprint density at radius 3 is 2.80 bits per heavy atom. The largest absolute Gasteiger partial charge is 0.389 e. The molecule has 25 heavy (non-hydrogen) atoms. The van der Waals surface area contributed by atoms with Crippen LogP contribution in [0.2, 0.25) is 0 Å². The van der Waals surface area contributed by atoms with Crippen molar-refractivity contribution < 1.29 is 14.6 Å². The Labute approximate surface area is 150 Å². The SMILES string of the molecule is CCOC[C@@H](O)CN1CCN(C(=O)[C@@H]2CCCc3ccccc32)CC1. The Bertz CT molecular complexity index is 570. The molecule has 1 saturated heterocycles. The third-order valence-electron chi connectivity index (χ3n) is 5.33. The number of carbonyl (C=O) groups excluding carboxylic acids is 1. The molecule has 2 aliphatic rings. The molecule has 0 aromatic heterocycles. The van der Waals surface area contributed by atoms with Gasteiger partial charge >= 0.3 is 0 Å². The normalized spacial score (nSPS) is 22.5. The molecular weight excluding hydrogens is 316 g/mol. The molecule has 2 atom stereocenters. The van der Waals surface area contributed by atoms with Gasteiger partial charge in [-0.05, 0) is 37.3 Å². The number of hydrogen-bond donors (Lipinski definition) is 1. The lowest BCUT2D eigenvalue weighted by Gasteiger charge is -2.38. The summed E-state index contributed by atoms with van der Waals surface area (Å²) in [5, 5.41) is 9.97. The van der Waals surface area contributed by atoms with E-state index < -0.39 is 6.10 Å². The van der Waals surface area contributed by atoms with Crippen LogP contribution in [0.4, 0.5) is 0 Å². The van der Waals surface area contributed by atoms with Gasteiger partial charge in [0, 0.05) is 39.3 Å². The average molecular weight is 346 g/mol. The second kappa shape index (κ2) is 8.79. The van der Waals surface area contributed by atoms with Crippen molar-refractivity contribution in [2.75, 3.05) is 45.9 Å². The molecule has 1 fully saturated rings. The van der Waals surface area contributed by atoms with Gasteiger partial charge in [-0.3, -0.25) is 9.69 Å². The van der Waals surface area contributed by atoms with Gasteiger partial charge in [0.15, 0.2) is 0 Å². The standard InChI is InChI=1S/C20H30N2O3/c1-2-25-15-17(23)14-21-10-12-22(13-11-21)20(24)19-9-5-7-16-6-3-4-8-18(16)19/h3-4,6,8,17,19,23H,2,5,7,9-15H2,1H3/t17-,19+/m0/s1. The highest BCUT2D eigenvalue weighted by atomic mass is 16.5. The van der Waals surface area contributed by atoms with Crippen molar-refractivity contribution in [3.8, 4) is 0 Å². The Kier molecular flexibility index (Phi) is 6.45. The van der Waals surface area contributed by atoms with E-state index in [2.05, 4.69) is 23.1 Å². The molecule has 1 aliphatic heterocycles. The molecular formula is C20H30N2O3. The zero-order valence-electron chi connectivity index (χ0n) is 15.2. The molecule has 138 valence electrons. The number of fused-ring (bicyclic) bond motifs is 1. The number of piperazine rings is 1. The van der Waals surface area contributed by atoms with Crippen LogP contribution in [-0.4, -0.2) is 72.9 Å². The first kappa shape index (κ1) is 18.4. The second-order valence-corrected chi connectivity index (χ2v) is 7.08. The number of β-amino-alcohol motifs (C(OH)–C–C–N with tert-alkyl or cyclic N) is 1. The van der Waals surface area contributed by atoms with Crippen LogP contribution in [0.25, 0.3) is 0 Å². The zero-order valence-corrected chi connectivity index (χ0v) is 15.2. The molecule has 1 amide bonds. The van der Waals surface area contributed by atoms with Crippen molar-refractivity contribution in [2.24, 2.45) is 0 Å². The molecule has 5 heteroatoms. The first-order chi connectivity index (χ1) is 12.2. The van der Waals surface area contributed by atoms with Crippen LogP contribution in [0, 0.1) is 0 Å². The maximum atomic E-state index is 13.0. The van der Waals surface area contributed by atoms with E-state index in [1.54, 1.807) is 0 Å². The van der Waals surface area contributed by atoms with Gasteiger partial charge in [-0.1, -0.05) is 24.3 Å². The lowest BCUT2D eigenvalue weighted by molar-refractivity contribution is -0.135.